The number of anilines is 1. The second kappa shape index (κ2) is 7.00. The van der Waals surface area contributed by atoms with Crippen LogP contribution in [-0.2, 0) is 9.59 Å². The van der Waals surface area contributed by atoms with E-state index in [2.05, 4.69) is 5.32 Å². The molecule has 1 aliphatic rings. The molecule has 0 unspecified atom stereocenters. The molecule has 28 heavy (non-hydrogen) atoms. The number of rotatable bonds is 3. The quantitative estimate of drug-likeness (QED) is 0.564. The van der Waals surface area contributed by atoms with Crippen LogP contribution in [-0.4, -0.2) is 25.0 Å². The van der Waals surface area contributed by atoms with Crippen molar-refractivity contribution >= 4 is 40.4 Å². The minimum absolute atomic E-state index is 0.113. The fourth-order valence-corrected chi connectivity index (χ4v) is 3.15. The van der Waals surface area contributed by atoms with Crippen molar-refractivity contribution in [3.8, 4) is 5.75 Å². The normalized spacial score (nSPS) is 15.8. The van der Waals surface area contributed by atoms with Crippen LogP contribution in [0.25, 0.3) is 16.8 Å². The summed E-state index contributed by atoms with van der Waals surface area (Å²) in [5, 5.41) is 3.88. The van der Waals surface area contributed by atoms with Gasteiger partial charge in [-0.05, 0) is 35.2 Å². The number of amides is 4. The molecule has 0 radical (unpaired) electrons. The predicted molar refractivity (Wildman–Crippen MR) is 106 cm³/mol. The zero-order valence-electron chi connectivity index (χ0n) is 15.0. The van der Waals surface area contributed by atoms with Gasteiger partial charge in [-0.2, -0.15) is 0 Å². The average Bonchev–Trinajstić information content (AvgIpc) is 2.71. The van der Waals surface area contributed by atoms with Gasteiger partial charge < -0.3 is 4.74 Å². The van der Waals surface area contributed by atoms with Crippen LogP contribution < -0.4 is 15.0 Å². The lowest BCUT2D eigenvalue weighted by molar-refractivity contribution is -0.122. The van der Waals surface area contributed by atoms with Crippen LogP contribution >= 0.6 is 0 Å². The third-order valence-corrected chi connectivity index (χ3v) is 4.54. The predicted octanol–water partition coefficient (Wildman–Crippen LogP) is 3.51. The standard InChI is InChI=1S/C22H16N2O4/c1-28-16-11-9-14(10-12-16)13-18-20(25)23-22(27)24(21(18)26)19-8-4-6-15-5-2-3-7-17(15)19/h2-13H,1H3,(H,23,25,27). The van der Waals surface area contributed by atoms with Crippen molar-refractivity contribution in [1.82, 2.24) is 5.32 Å². The first kappa shape index (κ1) is 17.5. The van der Waals surface area contributed by atoms with E-state index in [1.807, 2.05) is 30.3 Å². The molecular formula is C22H16N2O4. The summed E-state index contributed by atoms with van der Waals surface area (Å²) in [6.07, 6.45) is 1.46. The lowest BCUT2D eigenvalue weighted by Gasteiger charge is -2.27. The fraction of sp³-hybridized carbons (Fsp3) is 0.0455. The van der Waals surface area contributed by atoms with Crippen LogP contribution in [0.5, 0.6) is 5.75 Å². The van der Waals surface area contributed by atoms with Crippen LogP contribution in [0, 0.1) is 0 Å². The van der Waals surface area contributed by atoms with E-state index in [1.165, 1.54) is 6.08 Å². The first-order valence-corrected chi connectivity index (χ1v) is 8.62. The molecule has 1 N–H and O–H groups in total. The zero-order chi connectivity index (χ0) is 19.7. The van der Waals surface area contributed by atoms with Gasteiger partial charge in [-0.25, -0.2) is 9.69 Å². The van der Waals surface area contributed by atoms with E-state index in [0.717, 1.165) is 15.7 Å². The van der Waals surface area contributed by atoms with Crippen LogP contribution in [0.4, 0.5) is 10.5 Å². The van der Waals surface area contributed by atoms with Gasteiger partial charge in [0.25, 0.3) is 11.8 Å². The number of methoxy groups -OCH3 is 1. The van der Waals surface area contributed by atoms with Crippen molar-refractivity contribution < 1.29 is 19.1 Å². The van der Waals surface area contributed by atoms with E-state index in [1.54, 1.807) is 43.5 Å². The molecule has 6 nitrogen and oxygen atoms in total. The Kier molecular flexibility index (Phi) is 4.37. The van der Waals surface area contributed by atoms with Crippen molar-refractivity contribution in [2.45, 2.75) is 0 Å². The molecule has 1 aliphatic heterocycles. The van der Waals surface area contributed by atoms with Crippen molar-refractivity contribution in [3.05, 3.63) is 77.9 Å². The van der Waals surface area contributed by atoms with Gasteiger partial charge in [0.1, 0.15) is 11.3 Å². The Morgan fingerprint density at radius 1 is 0.893 bits per heavy atom. The minimum Gasteiger partial charge on any atom is -0.497 e. The van der Waals surface area contributed by atoms with Gasteiger partial charge in [-0.3, -0.25) is 14.9 Å². The molecular weight excluding hydrogens is 356 g/mol. The Morgan fingerprint density at radius 2 is 1.61 bits per heavy atom. The summed E-state index contributed by atoms with van der Waals surface area (Å²) in [5.74, 6) is -0.725. The van der Waals surface area contributed by atoms with Gasteiger partial charge in [0.05, 0.1) is 12.8 Å². The molecule has 3 aromatic rings. The highest BCUT2D eigenvalue weighted by molar-refractivity contribution is 6.40. The molecule has 0 aromatic heterocycles. The summed E-state index contributed by atoms with van der Waals surface area (Å²) in [6.45, 7) is 0. The minimum atomic E-state index is -0.766. The van der Waals surface area contributed by atoms with E-state index in [4.69, 9.17) is 4.74 Å². The number of urea groups is 1. The number of barbiturate groups is 1. The maximum absolute atomic E-state index is 13.1. The number of benzene rings is 3. The topological polar surface area (TPSA) is 75.7 Å². The number of nitrogens with one attached hydrogen (secondary N) is 1. The van der Waals surface area contributed by atoms with Gasteiger partial charge in [-0.15, -0.1) is 0 Å². The first-order valence-electron chi connectivity index (χ1n) is 8.62. The third-order valence-electron chi connectivity index (χ3n) is 4.54. The average molecular weight is 372 g/mol. The molecule has 3 aromatic carbocycles. The number of carbonyl (C=O) groups is 3. The van der Waals surface area contributed by atoms with Crippen molar-refractivity contribution in [2.24, 2.45) is 0 Å². The molecule has 0 saturated carbocycles. The number of ether oxygens (including phenoxy) is 1. The Balaban J connectivity index is 1.78. The lowest BCUT2D eigenvalue weighted by Crippen LogP contribution is -2.54. The molecule has 1 saturated heterocycles. The van der Waals surface area contributed by atoms with Gasteiger partial charge in [0.15, 0.2) is 0 Å². The van der Waals surface area contributed by atoms with Crippen LogP contribution in [0.3, 0.4) is 0 Å². The summed E-state index contributed by atoms with van der Waals surface area (Å²) in [5.41, 5.74) is 0.956. The molecule has 6 heteroatoms. The molecule has 138 valence electrons. The summed E-state index contributed by atoms with van der Waals surface area (Å²) in [6, 6.07) is 18.9. The largest absolute Gasteiger partial charge is 0.497 e. The second-order valence-electron chi connectivity index (χ2n) is 6.23. The molecule has 0 spiro atoms. The highest BCUT2D eigenvalue weighted by Gasteiger charge is 2.37. The maximum atomic E-state index is 13.1. The van der Waals surface area contributed by atoms with Crippen LogP contribution in [0.15, 0.2) is 72.3 Å². The van der Waals surface area contributed by atoms with Crippen molar-refractivity contribution in [2.75, 3.05) is 12.0 Å². The number of hydrogen-bond donors (Lipinski definition) is 1. The summed E-state index contributed by atoms with van der Waals surface area (Å²) >= 11 is 0. The second-order valence-corrected chi connectivity index (χ2v) is 6.23. The van der Waals surface area contributed by atoms with Gasteiger partial charge >= 0.3 is 6.03 Å². The van der Waals surface area contributed by atoms with E-state index in [0.29, 0.717) is 17.0 Å². The van der Waals surface area contributed by atoms with E-state index >= 15 is 0 Å². The molecule has 4 amide bonds. The molecule has 1 heterocycles. The van der Waals surface area contributed by atoms with Crippen LogP contribution in [0.2, 0.25) is 0 Å². The maximum Gasteiger partial charge on any atom is 0.335 e. The van der Waals surface area contributed by atoms with Gasteiger partial charge in [0, 0.05) is 5.39 Å². The number of carbonyl (C=O) groups excluding carboxylic acids is 3. The molecule has 0 atom stereocenters. The first-order chi connectivity index (χ1) is 13.6. The van der Waals surface area contributed by atoms with Crippen LogP contribution in [0.1, 0.15) is 5.56 Å². The van der Waals surface area contributed by atoms with E-state index < -0.39 is 17.8 Å². The Morgan fingerprint density at radius 3 is 2.36 bits per heavy atom. The molecule has 0 bridgehead atoms. The van der Waals surface area contributed by atoms with Gasteiger partial charge in [0.2, 0.25) is 0 Å². The highest BCUT2D eigenvalue weighted by atomic mass is 16.5. The molecule has 1 fully saturated rings. The smallest absolute Gasteiger partial charge is 0.335 e. The van der Waals surface area contributed by atoms with Crippen molar-refractivity contribution in [1.29, 1.82) is 0 Å². The van der Waals surface area contributed by atoms with E-state index in [-0.39, 0.29) is 5.57 Å². The number of fused-ring (bicyclic) bond motifs is 1. The summed E-state index contributed by atoms with van der Waals surface area (Å²) in [4.78, 5) is 38.8. The molecule has 4 rings (SSSR count). The molecule has 0 aliphatic carbocycles. The van der Waals surface area contributed by atoms with Gasteiger partial charge in [-0.1, -0.05) is 48.5 Å². The highest BCUT2D eigenvalue weighted by Crippen LogP contribution is 2.29. The van der Waals surface area contributed by atoms with Crippen molar-refractivity contribution in [3.63, 3.8) is 0 Å². The zero-order valence-corrected chi connectivity index (χ0v) is 15.0. The monoisotopic (exact) mass is 372 g/mol. The summed E-state index contributed by atoms with van der Waals surface area (Å²) < 4.78 is 5.11. The lowest BCUT2D eigenvalue weighted by atomic mass is 10.0. The fourth-order valence-electron chi connectivity index (χ4n) is 3.15. The number of hydrogen-bond acceptors (Lipinski definition) is 4. The SMILES string of the molecule is COc1ccc(C=C2C(=O)NC(=O)N(c3cccc4ccccc34)C2=O)cc1. The number of nitrogens with zero attached hydrogens (tertiary/aromatic N) is 1. The Hall–Kier alpha value is -3.93. The Labute approximate surface area is 161 Å². The Bertz CT molecular complexity index is 1130. The van der Waals surface area contributed by atoms with E-state index in [9.17, 15) is 14.4 Å². The third kappa shape index (κ3) is 3.01. The summed E-state index contributed by atoms with van der Waals surface area (Å²) in [7, 11) is 1.55. The number of imide groups is 2.